The van der Waals surface area contributed by atoms with Crippen molar-refractivity contribution in [2.75, 3.05) is 32.2 Å². The Morgan fingerprint density at radius 3 is 2.33 bits per heavy atom. The van der Waals surface area contributed by atoms with E-state index >= 15 is 0 Å². The summed E-state index contributed by atoms with van der Waals surface area (Å²) in [7, 11) is 3.42. The number of aliphatic hydroxyl groups excluding tert-OH is 1. The SMILES string of the molecule is COC1CN(c2ccc(C)cc2CO)CC1OC. The van der Waals surface area contributed by atoms with Crippen LogP contribution < -0.4 is 4.90 Å². The van der Waals surface area contributed by atoms with E-state index in [9.17, 15) is 5.11 Å². The summed E-state index contributed by atoms with van der Waals surface area (Å²) in [6.07, 6.45) is 0.172. The smallest absolute Gasteiger partial charge is 0.102 e. The molecular weight excluding hydrogens is 230 g/mol. The van der Waals surface area contributed by atoms with Crippen LogP contribution in [0.1, 0.15) is 11.1 Å². The highest BCUT2D eigenvalue weighted by Gasteiger charge is 2.33. The zero-order valence-electron chi connectivity index (χ0n) is 11.2. The van der Waals surface area contributed by atoms with Crippen molar-refractivity contribution in [2.24, 2.45) is 0 Å². The number of aryl methyl sites for hydroxylation is 1. The molecule has 1 saturated heterocycles. The molecule has 1 aliphatic heterocycles. The van der Waals surface area contributed by atoms with Crippen LogP contribution in [0.4, 0.5) is 5.69 Å². The predicted molar refractivity (Wildman–Crippen MR) is 70.9 cm³/mol. The van der Waals surface area contributed by atoms with Crippen molar-refractivity contribution < 1.29 is 14.6 Å². The van der Waals surface area contributed by atoms with Crippen molar-refractivity contribution in [3.63, 3.8) is 0 Å². The normalized spacial score (nSPS) is 23.7. The Bertz CT molecular complexity index is 396. The van der Waals surface area contributed by atoms with Gasteiger partial charge in [-0.1, -0.05) is 17.7 Å². The summed E-state index contributed by atoms with van der Waals surface area (Å²) in [6.45, 7) is 3.68. The van der Waals surface area contributed by atoms with Gasteiger partial charge in [0.2, 0.25) is 0 Å². The van der Waals surface area contributed by atoms with E-state index in [1.807, 2.05) is 13.0 Å². The second-order valence-corrected chi connectivity index (χ2v) is 4.74. The van der Waals surface area contributed by atoms with Crippen LogP contribution in [0, 0.1) is 6.92 Å². The molecule has 1 aliphatic rings. The van der Waals surface area contributed by atoms with E-state index in [-0.39, 0.29) is 18.8 Å². The van der Waals surface area contributed by atoms with Crippen molar-refractivity contribution in [2.45, 2.75) is 25.7 Å². The molecule has 2 rings (SSSR count). The van der Waals surface area contributed by atoms with Crippen LogP contribution in [0.15, 0.2) is 18.2 Å². The second-order valence-electron chi connectivity index (χ2n) is 4.74. The average Bonchev–Trinajstić information content (AvgIpc) is 2.81. The molecule has 0 amide bonds. The lowest BCUT2D eigenvalue weighted by Gasteiger charge is -2.21. The number of hydrogen-bond acceptors (Lipinski definition) is 4. The largest absolute Gasteiger partial charge is 0.392 e. The molecule has 4 heteroatoms. The maximum absolute atomic E-state index is 9.46. The first kappa shape index (κ1) is 13.3. The van der Waals surface area contributed by atoms with E-state index < -0.39 is 0 Å². The highest BCUT2D eigenvalue weighted by molar-refractivity contribution is 5.56. The summed E-state index contributed by atoms with van der Waals surface area (Å²) in [5, 5.41) is 9.46. The van der Waals surface area contributed by atoms with Crippen LogP contribution in [0.25, 0.3) is 0 Å². The molecule has 0 radical (unpaired) electrons. The molecule has 0 spiro atoms. The van der Waals surface area contributed by atoms with Crippen LogP contribution in [0.2, 0.25) is 0 Å². The molecule has 1 fully saturated rings. The first-order chi connectivity index (χ1) is 8.69. The first-order valence-corrected chi connectivity index (χ1v) is 6.20. The Morgan fingerprint density at radius 1 is 1.22 bits per heavy atom. The average molecular weight is 251 g/mol. The fourth-order valence-corrected chi connectivity index (χ4v) is 2.54. The summed E-state index contributed by atoms with van der Waals surface area (Å²) < 4.78 is 10.9. The number of methoxy groups -OCH3 is 2. The monoisotopic (exact) mass is 251 g/mol. The summed E-state index contributed by atoms with van der Waals surface area (Å²) >= 11 is 0. The Labute approximate surface area is 108 Å². The molecule has 1 heterocycles. The standard InChI is InChI=1S/C14H21NO3/c1-10-4-5-12(11(6-10)9-16)15-7-13(17-2)14(8-15)18-3/h4-6,13-14,16H,7-9H2,1-3H3. The van der Waals surface area contributed by atoms with E-state index in [4.69, 9.17) is 9.47 Å². The highest BCUT2D eigenvalue weighted by Crippen LogP contribution is 2.27. The Hall–Kier alpha value is -1.10. The van der Waals surface area contributed by atoms with Gasteiger partial charge in [-0.25, -0.2) is 0 Å². The zero-order valence-corrected chi connectivity index (χ0v) is 11.2. The van der Waals surface area contributed by atoms with E-state index in [0.717, 1.165) is 29.9 Å². The highest BCUT2D eigenvalue weighted by atomic mass is 16.5. The molecule has 4 nitrogen and oxygen atoms in total. The lowest BCUT2D eigenvalue weighted by molar-refractivity contribution is -0.00461. The lowest BCUT2D eigenvalue weighted by atomic mass is 10.1. The fourth-order valence-electron chi connectivity index (χ4n) is 2.54. The fraction of sp³-hybridized carbons (Fsp3) is 0.571. The minimum absolute atomic E-state index is 0.0583. The van der Waals surface area contributed by atoms with Crippen molar-refractivity contribution >= 4 is 5.69 Å². The number of aliphatic hydroxyl groups is 1. The van der Waals surface area contributed by atoms with Gasteiger partial charge in [0.25, 0.3) is 0 Å². The topological polar surface area (TPSA) is 41.9 Å². The van der Waals surface area contributed by atoms with Crippen LogP contribution in [0.3, 0.4) is 0 Å². The summed E-state index contributed by atoms with van der Waals surface area (Å²) in [4.78, 5) is 2.22. The quantitative estimate of drug-likeness (QED) is 0.877. The second kappa shape index (κ2) is 5.69. The van der Waals surface area contributed by atoms with Gasteiger partial charge in [0.15, 0.2) is 0 Å². The zero-order chi connectivity index (χ0) is 13.1. The molecule has 1 N–H and O–H groups in total. The predicted octanol–water partition coefficient (Wildman–Crippen LogP) is 1.34. The molecule has 0 aromatic heterocycles. The molecule has 100 valence electrons. The van der Waals surface area contributed by atoms with Gasteiger partial charge >= 0.3 is 0 Å². The molecule has 0 saturated carbocycles. The first-order valence-electron chi connectivity index (χ1n) is 6.20. The third-order valence-corrected chi connectivity index (χ3v) is 3.57. The van der Waals surface area contributed by atoms with Gasteiger partial charge < -0.3 is 19.5 Å². The third-order valence-electron chi connectivity index (χ3n) is 3.57. The number of hydrogen-bond donors (Lipinski definition) is 1. The Morgan fingerprint density at radius 2 is 1.83 bits per heavy atom. The molecular formula is C14H21NO3. The number of nitrogens with zero attached hydrogens (tertiary/aromatic N) is 1. The summed E-state index contributed by atoms with van der Waals surface area (Å²) in [6, 6.07) is 6.15. The van der Waals surface area contributed by atoms with Crippen LogP contribution in [0.5, 0.6) is 0 Å². The van der Waals surface area contributed by atoms with Crippen molar-refractivity contribution in [3.8, 4) is 0 Å². The molecule has 1 aromatic carbocycles. The van der Waals surface area contributed by atoms with Crippen molar-refractivity contribution in [1.82, 2.24) is 0 Å². The minimum atomic E-state index is 0.0583. The number of benzene rings is 1. The van der Waals surface area contributed by atoms with E-state index in [2.05, 4.69) is 17.0 Å². The van der Waals surface area contributed by atoms with Crippen LogP contribution in [-0.4, -0.2) is 44.6 Å². The van der Waals surface area contributed by atoms with Gasteiger partial charge in [0, 0.05) is 38.6 Å². The Kier molecular flexibility index (Phi) is 4.22. The Balaban J connectivity index is 2.22. The van der Waals surface area contributed by atoms with Gasteiger partial charge in [-0.05, 0) is 13.0 Å². The third kappa shape index (κ3) is 2.51. The van der Waals surface area contributed by atoms with Crippen molar-refractivity contribution in [3.05, 3.63) is 29.3 Å². The van der Waals surface area contributed by atoms with Gasteiger partial charge in [-0.15, -0.1) is 0 Å². The molecule has 2 atom stereocenters. The maximum atomic E-state index is 9.46. The van der Waals surface area contributed by atoms with Gasteiger partial charge in [-0.2, -0.15) is 0 Å². The van der Waals surface area contributed by atoms with Crippen LogP contribution in [-0.2, 0) is 16.1 Å². The van der Waals surface area contributed by atoms with E-state index in [1.54, 1.807) is 14.2 Å². The van der Waals surface area contributed by atoms with Gasteiger partial charge in [0.1, 0.15) is 12.2 Å². The molecule has 2 unspecified atom stereocenters. The molecule has 0 bridgehead atoms. The van der Waals surface area contributed by atoms with E-state index in [1.165, 1.54) is 0 Å². The van der Waals surface area contributed by atoms with Crippen molar-refractivity contribution in [1.29, 1.82) is 0 Å². The van der Waals surface area contributed by atoms with Crippen LogP contribution >= 0.6 is 0 Å². The number of rotatable bonds is 4. The summed E-state index contributed by atoms with van der Waals surface area (Å²) in [5.74, 6) is 0. The summed E-state index contributed by atoms with van der Waals surface area (Å²) in [5.41, 5.74) is 3.19. The molecule has 1 aromatic rings. The molecule has 0 aliphatic carbocycles. The number of anilines is 1. The van der Waals surface area contributed by atoms with E-state index in [0.29, 0.717) is 0 Å². The minimum Gasteiger partial charge on any atom is -0.392 e. The number of ether oxygens (including phenoxy) is 2. The van der Waals surface area contributed by atoms with Gasteiger partial charge in [0.05, 0.1) is 6.61 Å². The lowest BCUT2D eigenvalue weighted by Crippen LogP contribution is -2.27. The maximum Gasteiger partial charge on any atom is 0.102 e. The van der Waals surface area contributed by atoms with Gasteiger partial charge in [-0.3, -0.25) is 0 Å². The molecule has 18 heavy (non-hydrogen) atoms.